The lowest BCUT2D eigenvalue weighted by Crippen LogP contribution is -2.33. The Hall–Kier alpha value is -1.61. The van der Waals surface area contributed by atoms with Crippen molar-refractivity contribution < 1.29 is 15.0 Å². The van der Waals surface area contributed by atoms with Crippen LogP contribution in [0.15, 0.2) is 18.2 Å². The number of hydrogen-bond donors (Lipinski definition) is 2. The third-order valence-corrected chi connectivity index (χ3v) is 8.54. The molecule has 1 fully saturated rings. The van der Waals surface area contributed by atoms with Crippen molar-refractivity contribution in [2.75, 3.05) is 0 Å². The van der Waals surface area contributed by atoms with E-state index in [2.05, 4.69) is 53.7 Å². The van der Waals surface area contributed by atoms with Gasteiger partial charge in [-0.2, -0.15) is 0 Å². The first-order chi connectivity index (χ1) is 14.5. The van der Waals surface area contributed by atoms with Crippen LogP contribution in [-0.4, -0.2) is 22.1 Å². The van der Waals surface area contributed by atoms with E-state index in [1.807, 2.05) is 6.07 Å². The summed E-state index contributed by atoms with van der Waals surface area (Å²) in [5.74, 6) is 2.60. The van der Waals surface area contributed by atoms with Crippen LogP contribution in [0.4, 0.5) is 0 Å². The summed E-state index contributed by atoms with van der Waals surface area (Å²) in [5.41, 5.74) is 4.09. The molecule has 3 nitrogen and oxygen atoms in total. The summed E-state index contributed by atoms with van der Waals surface area (Å²) in [5, 5.41) is 20.9. The summed E-state index contributed by atoms with van der Waals surface area (Å²) in [4.78, 5) is 13.0. The van der Waals surface area contributed by atoms with Crippen molar-refractivity contribution in [3.8, 4) is 5.75 Å². The Labute approximate surface area is 189 Å². The number of phenolic OH excluding ortho intramolecular Hbond substituents is 1. The topological polar surface area (TPSA) is 57.5 Å². The standard InChI is InChI=1S/C28H42O3/c1-17(2)18(3)7-8-19(4)25-11-12-27(31)28(25,6)14-13-23-20(5)24-16-22(29)10-9-21(24)15-26(23)30/h7-8,15,17-19,22,25,29-30H,9-14,16H2,1-6H3/b8-7+/t18-,19+,22?,25+,28+/m0/s1. The zero-order valence-electron chi connectivity index (χ0n) is 20.4. The molecule has 0 heterocycles. The van der Waals surface area contributed by atoms with E-state index in [9.17, 15) is 15.0 Å². The minimum Gasteiger partial charge on any atom is -0.508 e. The molecule has 0 radical (unpaired) electrons. The lowest BCUT2D eigenvalue weighted by molar-refractivity contribution is -0.127. The minimum atomic E-state index is -0.348. The smallest absolute Gasteiger partial charge is 0.139 e. The molecular weight excluding hydrogens is 384 g/mol. The van der Waals surface area contributed by atoms with Gasteiger partial charge in [0.15, 0.2) is 0 Å². The summed E-state index contributed by atoms with van der Waals surface area (Å²) >= 11 is 0. The summed E-state index contributed by atoms with van der Waals surface area (Å²) in [6.07, 6.45) is 9.72. The van der Waals surface area contributed by atoms with Crippen LogP contribution in [0.1, 0.15) is 82.6 Å². The summed E-state index contributed by atoms with van der Waals surface area (Å²) in [6, 6.07) is 1.90. The molecule has 0 bridgehead atoms. The summed E-state index contributed by atoms with van der Waals surface area (Å²) in [6.45, 7) is 13.2. The molecule has 3 rings (SSSR count). The Bertz CT molecular complexity index is 837. The normalized spacial score (nSPS) is 28.3. The number of ketones is 1. The highest BCUT2D eigenvalue weighted by Crippen LogP contribution is 2.48. The molecule has 172 valence electrons. The van der Waals surface area contributed by atoms with Gasteiger partial charge in [0.2, 0.25) is 0 Å². The van der Waals surface area contributed by atoms with E-state index in [-0.39, 0.29) is 11.5 Å². The average Bonchev–Trinajstić information content (AvgIpc) is 3.01. The molecule has 0 amide bonds. The quantitative estimate of drug-likeness (QED) is 0.530. The van der Waals surface area contributed by atoms with E-state index in [0.29, 0.717) is 54.5 Å². The van der Waals surface area contributed by atoms with Gasteiger partial charge in [-0.1, -0.05) is 46.8 Å². The second kappa shape index (κ2) is 9.48. The van der Waals surface area contributed by atoms with Gasteiger partial charge in [0.25, 0.3) is 0 Å². The van der Waals surface area contributed by atoms with Crippen LogP contribution in [0, 0.1) is 36.0 Å². The van der Waals surface area contributed by atoms with Crippen LogP contribution < -0.4 is 0 Å². The Morgan fingerprint density at radius 3 is 2.55 bits per heavy atom. The molecule has 0 aromatic heterocycles. The molecule has 1 saturated carbocycles. The van der Waals surface area contributed by atoms with Gasteiger partial charge in [-0.15, -0.1) is 0 Å². The minimum absolute atomic E-state index is 0.289. The number of Topliss-reactive ketones (excluding diaryl/α,β-unsaturated/α-hetero) is 1. The molecule has 1 unspecified atom stereocenters. The number of carbonyl (C=O) groups excluding carboxylic acids is 1. The van der Waals surface area contributed by atoms with Crippen molar-refractivity contribution in [2.24, 2.45) is 29.1 Å². The maximum absolute atomic E-state index is 13.0. The number of aryl methyl sites for hydroxylation is 1. The number of aromatic hydroxyl groups is 1. The van der Waals surface area contributed by atoms with Crippen LogP contribution in [0.3, 0.4) is 0 Å². The monoisotopic (exact) mass is 426 g/mol. The molecule has 5 atom stereocenters. The van der Waals surface area contributed by atoms with Crippen LogP contribution >= 0.6 is 0 Å². The first kappa shape index (κ1) is 24.0. The van der Waals surface area contributed by atoms with Crippen molar-refractivity contribution in [3.05, 3.63) is 40.5 Å². The van der Waals surface area contributed by atoms with E-state index < -0.39 is 0 Å². The first-order valence-corrected chi connectivity index (χ1v) is 12.3. The van der Waals surface area contributed by atoms with Crippen molar-refractivity contribution in [1.82, 2.24) is 0 Å². The molecule has 0 aliphatic heterocycles. The summed E-state index contributed by atoms with van der Waals surface area (Å²) in [7, 11) is 0. The SMILES string of the molecule is Cc1c(CC[C@@]2(C)C(=O)CC[C@@H]2[C@H](C)/C=C/[C@H](C)C(C)C)c(O)cc2c1CC(O)CC2. The van der Waals surface area contributed by atoms with Crippen LogP contribution in [0.25, 0.3) is 0 Å². The number of hydrogen-bond acceptors (Lipinski definition) is 3. The maximum Gasteiger partial charge on any atom is 0.139 e. The first-order valence-electron chi connectivity index (χ1n) is 12.3. The molecular formula is C28H42O3. The van der Waals surface area contributed by atoms with Gasteiger partial charge >= 0.3 is 0 Å². The van der Waals surface area contributed by atoms with E-state index in [0.717, 1.165) is 36.8 Å². The Morgan fingerprint density at radius 1 is 1.16 bits per heavy atom. The molecule has 3 heteroatoms. The Balaban J connectivity index is 1.79. The molecule has 31 heavy (non-hydrogen) atoms. The van der Waals surface area contributed by atoms with Crippen molar-refractivity contribution in [2.45, 2.75) is 92.6 Å². The van der Waals surface area contributed by atoms with Gasteiger partial charge in [-0.3, -0.25) is 4.79 Å². The molecule has 1 aromatic carbocycles. The molecule has 2 aliphatic carbocycles. The van der Waals surface area contributed by atoms with Gasteiger partial charge in [-0.25, -0.2) is 0 Å². The Morgan fingerprint density at radius 2 is 1.87 bits per heavy atom. The number of allylic oxidation sites excluding steroid dienone is 2. The number of phenols is 1. The van der Waals surface area contributed by atoms with Crippen molar-refractivity contribution in [3.63, 3.8) is 0 Å². The summed E-state index contributed by atoms with van der Waals surface area (Å²) < 4.78 is 0. The third kappa shape index (κ3) is 4.92. The number of aliphatic hydroxyl groups excluding tert-OH is 1. The van der Waals surface area contributed by atoms with Gasteiger partial charge in [0.05, 0.1) is 6.10 Å². The van der Waals surface area contributed by atoms with Gasteiger partial charge < -0.3 is 10.2 Å². The van der Waals surface area contributed by atoms with Crippen molar-refractivity contribution in [1.29, 1.82) is 0 Å². The zero-order chi connectivity index (χ0) is 22.9. The molecule has 2 aliphatic rings. The number of fused-ring (bicyclic) bond motifs is 1. The fourth-order valence-corrected chi connectivity index (χ4v) is 5.79. The third-order valence-electron chi connectivity index (χ3n) is 8.54. The number of rotatable bonds is 7. The van der Waals surface area contributed by atoms with E-state index in [4.69, 9.17) is 0 Å². The number of benzene rings is 1. The highest BCUT2D eigenvalue weighted by molar-refractivity contribution is 5.87. The number of carbonyl (C=O) groups is 1. The number of aliphatic hydroxyl groups is 1. The second-order valence-electron chi connectivity index (χ2n) is 10.9. The fourth-order valence-electron chi connectivity index (χ4n) is 5.79. The lowest BCUT2D eigenvalue weighted by atomic mass is 9.69. The average molecular weight is 427 g/mol. The molecule has 1 aromatic rings. The van der Waals surface area contributed by atoms with Crippen LogP contribution in [0.2, 0.25) is 0 Å². The molecule has 2 N–H and O–H groups in total. The van der Waals surface area contributed by atoms with E-state index in [1.165, 1.54) is 11.1 Å². The second-order valence-corrected chi connectivity index (χ2v) is 10.9. The Kier molecular flexibility index (Phi) is 7.35. The predicted molar refractivity (Wildman–Crippen MR) is 127 cm³/mol. The van der Waals surface area contributed by atoms with Crippen LogP contribution in [0.5, 0.6) is 5.75 Å². The fraction of sp³-hybridized carbons (Fsp3) is 0.679. The molecule has 0 saturated heterocycles. The predicted octanol–water partition coefficient (Wildman–Crippen LogP) is 5.95. The highest BCUT2D eigenvalue weighted by atomic mass is 16.3. The van der Waals surface area contributed by atoms with Gasteiger partial charge in [0.1, 0.15) is 11.5 Å². The zero-order valence-corrected chi connectivity index (χ0v) is 20.4. The highest BCUT2D eigenvalue weighted by Gasteiger charge is 2.47. The van der Waals surface area contributed by atoms with E-state index in [1.54, 1.807) is 0 Å². The van der Waals surface area contributed by atoms with Crippen molar-refractivity contribution >= 4 is 5.78 Å². The largest absolute Gasteiger partial charge is 0.508 e. The van der Waals surface area contributed by atoms with E-state index >= 15 is 0 Å². The van der Waals surface area contributed by atoms with Crippen LogP contribution in [-0.2, 0) is 24.1 Å². The molecule has 0 spiro atoms. The lowest BCUT2D eigenvalue weighted by Gasteiger charge is -2.34. The van der Waals surface area contributed by atoms with Gasteiger partial charge in [0, 0.05) is 11.8 Å². The maximum atomic E-state index is 13.0. The van der Waals surface area contributed by atoms with Gasteiger partial charge in [-0.05, 0) is 97.4 Å².